The molecule has 2 fully saturated rings. The Morgan fingerprint density at radius 3 is 2.65 bits per heavy atom. The fourth-order valence-corrected chi connectivity index (χ4v) is 2.63. The Morgan fingerprint density at radius 2 is 2.00 bits per heavy atom. The van der Waals surface area contributed by atoms with Crippen LogP contribution in [0, 0.1) is 11.8 Å². The normalized spacial score (nSPS) is 28.6. The summed E-state index contributed by atoms with van der Waals surface area (Å²) in [6.07, 6.45) is 5.72. The molecule has 1 aromatic rings. The number of aromatic nitrogens is 3. The number of carbonyl (C=O) groups excluding carboxylic acids is 1. The molecule has 0 spiro atoms. The third kappa shape index (κ3) is 2.17. The van der Waals surface area contributed by atoms with Crippen LogP contribution < -0.4 is 5.73 Å². The van der Waals surface area contributed by atoms with Gasteiger partial charge in [0.2, 0.25) is 5.91 Å². The molecule has 2 atom stereocenters. The van der Waals surface area contributed by atoms with Crippen LogP contribution >= 0.6 is 0 Å². The minimum atomic E-state index is 0.0693. The van der Waals surface area contributed by atoms with Crippen LogP contribution in [-0.2, 0) is 11.3 Å². The molecule has 92 valence electrons. The number of nitrogens with zero attached hydrogens (tertiary/aromatic N) is 4. The molecule has 1 amide bonds. The fourth-order valence-electron chi connectivity index (χ4n) is 2.63. The van der Waals surface area contributed by atoms with Crippen LogP contribution in [0.4, 0.5) is 0 Å². The first-order valence-corrected chi connectivity index (χ1v) is 6.11. The van der Waals surface area contributed by atoms with Crippen molar-refractivity contribution >= 4 is 5.91 Å². The Balaban J connectivity index is 1.59. The topological polar surface area (TPSA) is 77.0 Å². The summed E-state index contributed by atoms with van der Waals surface area (Å²) in [5, 5.41) is 7.88. The van der Waals surface area contributed by atoms with Gasteiger partial charge in [-0.25, -0.2) is 0 Å². The van der Waals surface area contributed by atoms with Crippen molar-refractivity contribution in [1.29, 1.82) is 0 Å². The quantitative estimate of drug-likeness (QED) is 0.764. The monoisotopic (exact) mass is 235 g/mol. The van der Waals surface area contributed by atoms with Crippen LogP contribution in [0.25, 0.3) is 0 Å². The smallest absolute Gasteiger partial charge is 0.246 e. The maximum Gasteiger partial charge on any atom is 0.246 e. The van der Waals surface area contributed by atoms with Gasteiger partial charge in [-0.05, 0) is 24.7 Å². The Bertz CT molecular complexity index is 400. The SMILES string of the molecule is N[C@@H]1CN(C(=O)Cn2nccn2)C[C@H]1C1CC1. The summed E-state index contributed by atoms with van der Waals surface area (Å²) in [6, 6.07) is 0.150. The Hall–Kier alpha value is -1.43. The van der Waals surface area contributed by atoms with Crippen molar-refractivity contribution in [2.75, 3.05) is 13.1 Å². The number of carbonyl (C=O) groups is 1. The van der Waals surface area contributed by atoms with Crippen LogP contribution in [0.1, 0.15) is 12.8 Å². The highest BCUT2D eigenvalue weighted by molar-refractivity contribution is 5.76. The van der Waals surface area contributed by atoms with E-state index in [1.54, 1.807) is 12.4 Å². The summed E-state index contributed by atoms with van der Waals surface area (Å²) in [7, 11) is 0. The van der Waals surface area contributed by atoms with E-state index in [9.17, 15) is 4.79 Å². The molecule has 3 rings (SSSR count). The van der Waals surface area contributed by atoms with E-state index in [1.807, 2.05) is 4.90 Å². The molecule has 2 heterocycles. The van der Waals surface area contributed by atoms with Gasteiger partial charge in [0.05, 0.1) is 12.4 Å². The van der Waals surface area contributed by atoms with Crippen LogP contribution in [0.5, 0.6) is 0 Å². The van der Waals surface area contributed by atoms with Crippen molar-refractivity contribution in [2.24, 2.45) is 17.6 Å². The highest BCUT2D eigenvalue weighted by Gasteiger charge is 2.42. The molecule has 0 bridgehead atoms. The van der Waals surface area contributed by atoms with E-state index in [0.717, 1.165) is 12.5 Å². The zero-order chi connectivity index (χ0) is 11.8. The number of amides is 1. The van der Waals surface area contributed by atoms with Gasteiger partial charge in [-0.2, -0.15) is 15.0 Å². The maximum absolute atomic E-state index is 12.0. The highest BCUT2D eigenvalue weighted by Crippen LogP contribution is 2.40. The fraction of sp³-hybridized carbons (Fsp3) is 0.727. The average molecular weight is 235 g/mol. The van der Waals surface area contributed by atoms with Crippen molar-refractivity contribution in [3.63, 3.8) is 0 Å². The van der Waals surface area contributed by atoms with Gasteiger partial charge in [-0.1, -0.05) is 0 Å². The summed E-state index contributed by atoms with van der Waals surface area (Å²) in [5.74, 6) is 1.33. The molecule has 1 aliphatic heterocycles. The Labute approximate surface area is 99.8 Å². The molecule has 1 saturated carbocycles. The standard InChI is InChI=1S/C11H17N5O/c12-10-6-15(5-9(10)8-1-2-8)11(17)7-16-13-3-4-14-16/h3-4,8-10H,1-2,5-7,12H2/t9-,10+/m0/s1. The van der Waals surface area contributed by atoms with Crippen molar-refractivity contribution < 1.29 is 4.79 Å². The minimum absolute atomic E-state index is 0.0693. The molecule has 2 N–H and O–H groups in total. The molecular formula is C11H17N5O. The molecule has 1 aliphatic carbocycles. The number of hydrogen-bond donors (Lipinski definition) is 1. The third-order valence-corrected chi connectivity index (χ3v) is 3.74. The summed E-state index contributed by atoms with van der Waals surface area (Å²) >= 11 is 0. The molecule has 0 aromatic carbocycles. The van der Waals surface area contributed by atoms with E-state index in [1.165, 1.54) is 17.6 Å². The number of rotatable bonds is 3. The van der Waals surface area contributed by atoms with E-state index in [4.69, 9.17) is 5.73 Å². The highest BCUT2D eigenvalue weighted by atomic mass is 16.2. The second kappa shape index (κ2) is 4.10. The lowest BCUT2D eigenvalue weighted by molar-refractivity contribution is -0.131. The largest absolute Gasteiger partial charge is 0.339 e. The van der Waals surface area contributed by atoms with Crippen LogP contribution in [-0.4, -0.2) is 44.9 Å². The average Bonchev–Trinajstić information content (AvgIpc) is 2.87. The second-order valence-electron chi connectivity index (χ2n) is 5.02. The Morgan fingerprint density at radius 1 is 1.29 bits per heavy atom. The van der Waals surface area contributed by atoms with Gasteiger partial charge in [0.25, 0.3) is 0 Å². The van der Waals surface area contributed by atoms with Crippen molar-refractivity contribution in [3.05, 3.63) is 12.4 Å². The van der Waals surface area contributed by atoms with E-state index in [2.05, 4.69) is 10.2 Å². The first-order chi connectivity index (χ1) is 8.24. The summed E-state index contributed by atoms with van der Waals surface area (Å²) in [4.78, 5) is 15.3. The first-order valence-electron chi connectivity index (χ1n) is 6.11. The predicted octanol–water partition coefficient (Wildman–Crippen LogP) is -0.526. The van der Waals surface area contributed by atoms with E-state index in [0.29, 0.717) is 12.5 Å². The van der Waals surface area contributed by atoms with Gasteiger partial charge in [0.1, 0.15) is 6.54 Å². The summed E-state index contributed by atoms with van der Waals surface area (Å²) in [5.41, 5.74) is 6.09. The number of nitrogens with two attached hydrogens (primary N) is 1. The molecule has 6 heteroatoms. The first kappa shape index (κ1) is 10.7. The zero-order valence-corrected chi connectivity index (χ0v) is 9.70. The molecule has 1 saturated heterocycles. The maximum atomic E-state index is 12.0. The molecular weight excluding hydrogens is 218 g/mol. The minimum Gasteiger partial charge on any atom is -0.339 e. The molecule has 1 aromatic heterocycles. The molecule has 17 heavy (non-hydrogen) atoms. The lowest BCUT2D eigenvalue weighted by Crippen LogP contribution is -2.34. The summed E-state index contributed by atoms with van der Waals surface area (Å²) in [6.45, 7) is 1.71. The number of hydrogen-bond acceptors (Lipinski definition) is 4. The third-order valence-electron chi connectivity index (χ3n) is 3.74. The zero-order valence-electron chi connectivity index (χ0n) is 9.70. The van der Waals surface area contributed by atoms with Gasteiger partial charge < -0.3 is 10.6 Å². The van der Waals surface area contributed by atoms with E-state index in [-0.39, 0.29) is 18.5 Å². The van der Waals surface area contributed by atoms with Crippen molar-refractivity contribution in [2.45, 2.75) is 25.4 Å². The van der Waals surface area contributed by atoms with Crippen LogP contribution in [0.3, 0.4) is 0 Å². The summed E-state index contributed by atoms with van der Waals surface area (Å²) < 4.78 is 0. The van der Waals surface area contributed by atoms with Crippen molar-refractivity contribution in [1.82, 2.24) is 19.9 Å². The van der Waals surface area contributed by atoms with Gasteiger partial charge in [0.15, 0.2) is 0 Å². The van der Waals surface area contributed by atoms with Gasteiger partial charge >= 0.3 is 0 Å². The molecule has 2 aliphatic rings. The lowest BCUT2D eigenvalue weighted by atomic mass is 9.99. The van der Waals surface area contributed by atoms with Gasteiger partial charge in [-0.15, -0.1) is 0 Å². The second-order valence-corrected chi connectivity index (χ2v) is 5.02. The van der Waals surface area contributed by atoms with Crippen LogP contribution in [0.15, 0.2) is 12.4 Å². The van der Waals surface area contributed by atoms with Crippen molar-refractivity contribution in [3.8, 4) is 0 Å². The van der Waals surface area contributed by atoms with Gasteiger partial charge in [-0.3, -0.25) is 4.79 Å². The lowest BCUT2D eigenvalue weighted by Gasteiger charge is -2.15. The van der Waals surface area contributed by atoms with E-state index >= 15 is 0 Å². The molecule has 0 radical (unpaired) electrons. The Kier molecular flexibility index (Phi) is 2.58. The molecule has 0 unspecified atom stereocenters. The van der Waals surface area contributed by atoms with E-state index < -0.39 is 0 Å². The van der Waals surface area contributed by atoms with Gasteiger partial charge in [0, 0.05) is 19.1 Å². The van der Waals surface area contributed by atoms with Crippen LogP contribution in [0.2, 0.25) is 0 Å². The molecule has 6 nitrogen and oxygen atoms in total. The predicted molar refractivity (Wildman–Crippen MR) is 60.8 cm³/mol. The number of likely N-dealkylation sites (tertiary alicyclic amines) is 1.